The molecule has 0 atom stereocenters. The Labute approximate surface area is 191 Å². The molecule has 1 fully saturated rings. The van der Waals surface area contributed by atoms with E-state index in [1.165, 1.54) is 11.3 Å². The van der Waals surface area contributed by atoms with E-state index in [0.717, 1.165) is 38.5 Å². The van der Waals surface area contributed by atoms with Gasteiger partial charge in [-0.2, -0.15) is 0 Å². The smallest absolute Gasteiger partial charge is 0.344 e. The number of amides is 2. The number of thiocarbonyl (C=S) groups is 1. The van der Waals surface area contributed by atoms with Gasteiger partial charge in [0, 0.05) is 16.7 Å². The third kappa shape index (κ3) is 4.67. The molecule has 0 N–H and O–H groups in total. The van der Waals surface area contributed by atoms with Crippen LogP contribution in [0.3, 0.4) is 0 Å². The molecule has 0 aromatic heterocycles. The lowest BCUT2D eigenvalue weighted by Gasteiger charge is -2.22. The van der Waals surface area contributed by atoms with Crippen LogP contribution in [0.1, 0.15) is 63.4 Å². The summed E-state index contributed by atoms with van der Waals surface area (Å²) in [5.74, 6) is -1.03. The van der Waals surface area contributed by atoms with Crippen molar-refractivity contribution in [1.29, 1.82) is 0 Å². The second kappa shape index (κ2) is 9.49. The molecular formula is C23H24ClNO5S. The van der Waals surface area contributed by atoms with E-state index in [4.69, 9.17) is 33.3 Å². The zero-order valence-corrected chi connectivity index (χ0v) is 18.7. The first kappa shape index (κ1) is 22.0. The first-order valence-corrected chi connectivity index (χ1v) is 11.5. The minimum Gasteiger partial charge on any atom is -0.471 e. The summed E-state index contributed by atoms with van der Waals surface area (Å²) in [6.45, 7) is -0.312. The zero-order chi connectivity index (χ0) is 22.0. The van der Waals surface area contributed by atoms with E-state index in [1.54, 1.807) is 18.2 Å². The maximum absolute atomic E-state index is 12.8. The Bertz CT molecular complexity index is 939. The number of benzene rings is 1. The molecule has 2 aliphatic carbocycles. The van der Waals surface area contributed by atoms with E-state index < -0.39 is 5.97 Å². The van der Waals surface area contributed by atoms with E-state index >= 15 is 0 Å². The van der Waals surface area contributed by atoms with Crippen molar-refractivity contribution in [2.45, 2.75) is 63.9 Å². The molecule has 6 nitrogen and oxygen atoms in total. The Morgan fingerprint density at radius 1 is 1.03 bits per heavy atom. The van der Waals surface area contributed by atoms with E-state index in [9.17, 15) is 14.4 Å². The lowest BCUT2D eigenvalue weighted by Crippen LogP contribution is -2.31. The minimum atomic E-state index is -0.469. The third-order valence-electron chi connectivity index (χ3n) is 5.99. The maximum atomic E-state index is 12.8. The standard InChI is InChI=1S/C23H24ClNO5S/c24-19-11-10-14(25-21(27)16-8-4-5-9-17(16)22(25)28)12-18(19)23(31)29-13-20(26)30-15-6-2-1-3-7-15/h10-12,15H,1-9,13H2. The van der Waals surface area contributed by atoms with Gasteiger partial charge in [0.25, 0.3) is 11.8 Å². The number of anilines is 1. The molecule has 2 amide bonds. The van der Waals surface area contributed by atoms with Crippen LogP contribution in [0.4, 0.5) is 5.69 Å². The topological polar surface area (TPSA) is 72.9 Å². The summed E-state index contributed by atoms with van der Waals surface area (Å²) < 4.78 is 10.9. The Morgan fingerprint density at radius 2 is 1.68 bits per heavy atom. The van der Waals surface area contributed by atoms with E-state index in [1.807, 2.05) is 0 Å². The van der Waals surface area contributed by atoms with Gasteiger partial charge in [0.15, 0.2) is 11.7 Å². The number of imide groups is 1. The van der Waals surface area contributed by atoms with Crippen molar-refractivity contribution in [3.63, 3.8) is 0 Å². The molecule has 0 saturated heterocycles. The van der Waals surface area contributed by atoms with Crippen molar-refractivity contribution < 1.29 is 23.9 Å². The summed E-state index contributed by atoms with van der Waals surface area (Å²) in [7, 11) is 0. The molecule has 31 heavy (non-hydrogen) atoms. The fraction of sp³-hybridized carbons (Fsp3) is 0.478. The van der Waals surface area contributed by atoms with Crippen molar-refractivity contribution in [1.82, 2.24) is 0 Å². The van der Waals surface area contributed by atoms with Crippen LogP contribution >= 0.6 is 23.8 Å². The number of rotatable bonds is 5. The Kier molecular flexibility index (Phi) is 6.72. The molecule has 0 bridgehead atoms. The second-order valence-corrected chi connectivity index (χ2v) is 8.88. The van der Waals surface area contributed by atoms with Crippen LogP contribution in [-0.2, 0) is 23.9 Å². The van der Waals surface area contributed by atoms with Gasteiger partial charge in [-0.05, 0) is 81.8 Å². The van der Waals surface area contributed by atoms with E-state index in [-0.39, 0.29) is 29.6 Å². The summed E-state index contributed by atoms with van der Waals surface area (Å²) in [5, 5.41) is 0.329. The van der Waals surface area contributed by atoms with Gasteiger partial charge in [-0.1, -0.05) is 18.0 Å². The number of carbonyl (C=O) groups is 3. The number of carbonyl (C=O) groups excluding carboxylic acids is 3. The summed E-state index contributed by atoms with van der Waals surface area (Å²) in [6, 6.07) is 4.74. The average Bonchev–Trinajstić information content (AvgIpc) is 3.04. The largest absolute Gasteiger partial charge is 0.471 e. The molecule has 1 aromatic carbocycles. The summed E-state index contributed by atoms with van der Waals surface area (Å²) >= 11 is 11.6. The normalized spacial score (nSPS) is 19.5. The van der Waals surface area contributed by atoms with Gasteiger partial charge in [-0.25, -0.2) is 9.69 Å². The molecule has 164 valence electrons. The van der Waals surface area contributed by atoms with Crippen molar-refractivity contribution in [2.24, 2.45) is 0 Å². The number of hydrogen-bond donors (Lipinski definition) is 0. The third-order valence-corrected chi connectivity index (χ3v) is 6.66. The first-order chi connectivity index (χ1) is 15.0. The fourth-order valence-corrected chi connectivity index (χ4v) is 4.88. The van der Waals surface area contributed by atoms with Gasteiger partial charge in [-0.15, -0.1) is 0 Å². The molecule has 1 saturated carbocycles. The lowest BCUT2D eigenvalue weighted by molar-refractivity contribution is -0.153. The molecule has 1 aliphatic heterocycles. The van der Waals surface area contributed by atoms with E-state index in [2.05, 4.69) is 0 Å². The van der Waals surface area contributed by atoms with Gasteiger partial charge < -0.3 is 9.47 Å². The SMILES string of the molecule is O=C(COC(=S)c1cc(N2C(=O)C3=C(CCCC3)C2=O)ccc1Cl)OC1CCCCC1. The van der Waals surface area contributed by atoms with Crippen molar-refractivity contribution in [2.75, 3.05) is 11.5 Å². The highest BCUT2D eigenvalue weighted by molar-refractivity contribution is 7.80. The predicted molar refractivity (Wildman–Crippen MR) is 120 cm³/mol. The fourth-order valence-electron chi connectivity index (χ4n) is 4.39. The monoisotopic (exact) mass is 461 g/mol. The molecule has 0 unspecified atom stereocenters. The van der Waals surface area contributed by atoms with Gasteiger partial charge in [0.05, 0.1) is 10.7 Å². The number of hydrogen-bond acceptors (Lipinski definition) is 6. The van der Waals surface area contributed by atoms with Crippen molar-refractivity contribution >= 4 is 52.3 Å². The molecular weight excluding hydrogens is 438 g/mol. The van der Waals surface area contributed by atoms with Crippen LogP contribution < -0.4 is 4.90 Å². The Balaban J connectivity index is 1.43. The minimum absolute atomic E-state index is 0.0178. The number of nitrogens with zero attached hydrogens (tertiary/aromatic N) is 1. The number of halogens is 1. The zero-order valence-electron chi connectivity index (χ0n) is 17.2. The van der Waals surface area contributed by atoms with Crippen molar-refractivity contribution in [3.8, 4) is 0 Å². The summed E-state index contributed by atoms with van der Waals surface area (Å²) in [4.78, 5) is 38.9. The van der Waals surface area contributed by atoms with Crippen LogP contribution in [0.2, 0.25) is 5.02 Å². The highest BCUT2D eigenvalue weighted by Gasteiger charge is 2.39. The van der Waals surface area contributed by atoms with Crippen LogP contribution in [0, 0.1) is 0 Å². The number of esters is 1. The lowest BCUT2D eigenvalue weighted by atomic mass is 9.93. The van der Waals surface area contributed by atoms with E-state index in [0.29, 0.717) is 40.3 Å². The summed E-state index contributed by atoms with van der Waals surface area (Å²) in [5.41, 5.74) is 1.96. The quantitative estimate of drug-likeness (QED) is 0.361. The molecule has 0 radical (unpaired) electrons. The second-order valence-electron chi connectivity index (χ2n) is 8.10. The molecule has 1 heterocycles. The molecule has 3 aliphatic rings. The average molecular weight is 462 g/mol. The van der Waals surface area contributed by atoms with Gasteiger partial charge in [-0.3, -0.25) is 9.59 Å². The highest BCUT2D eigenvalue weighted by atomic mass is 35.5. The first-order valence-electron chi connectivity index (χ1n) is 10.7. The predicted octanol–water partition coefficient (Wildman–Crippen LogP) is 4.65. The number of ether oxygens (including phenoxy) is 2. The van der Waals surface area contributed by atoms with Crippen LogP contribution in [-0.4, -0.2) is 35.5 Å². The highest BCUT2D eigenvalue weighted by Crippen LogP contribution is 2.36. The molecule has 8 heteroatoms. The summed E-state index contributed by atoms with van der Waals surface area (Å²) in [6.07, 6.45) is 8.06. The molecule has 1 aromatic rings. The molecule has 4 rings (SSSR count). The Hall–Kier alpha value is -2.25. The Morgan fingerprint density at radius 3 is 2.32 bits per heavy atom. The van der Waals surface area contributed by atoms with Crippen LogP contribution in [0.25, 0.3) is 0 Å². The van der Waals surface area contributed by atoms with Gasteiger partial charge >= 0.3 is 5.97 Å². The molecule has 0 spiro atoms. The van der Waals surface area contributed by atoms with Gasteiger partial charge in [0.2, 0.25) is 0 Å². The maximum Gasteiger partial charge on any atom is 0.344 e. The van der Waals surface area contributed by atoms with Crippen LogP contribution in [0.15, 0.2) is 29.3 Å². The van der Waals surface area contributed by atoms with Crippen molar-refractivity contribution in [3.05, 3.63) is 39.9 Å². The van der Waals surface area contributed by atoms with Gasteiger partial charge in [0.1, 0.15) is 6.10 Å². The van der Waals surface area contributed by atoms with Crippen LogP contribution in [0.5, 0.6) is 0 Å².